The summed E-state index contributed by atoms with van der Waals surface area (Å²) >= 11 is 5.87. The second-order valence-electron chi connectivity index (χ2n) is 4.92. The fourth-order valence-corrected chi connectivity index (χ4v) is 2.60. The maximum Gasteiger partial charge on any atom is 0.119 e. The molecule has 1 aliphatic carbocycles. The quantitative estimate of drug-likeness (QED) is 0.890. The van der Waals surface area contributed by atoms with Crippen LogP contribution < -0.4 is 10.1 Å². The van der Waals surface area contributed by atoms with Gasteiger partial charge in [-0.1, -0.05) is 18.5 Å². The Labute approximate surface area is 108 Å². The highest BCUT2D eigenvalue weighted by molar-refractivity contribution is 6.30. The largest absolute Gasteiger partial charge is 0.489 e. The first kappa shape index (κ1) is 12.7. The standard InChI is InChI=1S/C14H20ClNO/c1-10-3-8-13(16-2)14(9-10)17-12-6-4-11(15)5-7-12/h4-7,10,13-14,16H,3,8-9H2,1-2H3. The highest BCUT2D eigenvalue weighted by atomic mass is 35.5. The van der Waals surface area contributed by atoms with Gasteiger partial charge < -0.3 is 10.1 Å². The van der Waals surface area contributed by atoms with Crippen LogP contribution in [0.4, 0.5) is 0 Å². The predicted octanol–water partition coefficient (Wildman–Crippen LogP) is 3.50. The summed E-state index contributed by atoms with van der Waals surface area (Å²) in [7, 11) is 2.01. The summed E-state index contributed by atoms with van der Waals surface area (Å²) in [5.41, 5.74) is 0. The lowest BCUT2D eigenvalue weighted by molar-refractivity contribution is 0.0944. The fraction of sp³-hybridized carbons (Fsp3) is 0.571. The Bertz CT molecular complexity index is 352. The van der Waals surface area contributed by atoms with E-state index in [-0.39, 0.29) is 6.10 Å². The summed E-state index contributed by atoms with van der Waals surface area (Å²) in [5.74, 6) is 1.66. The van der Waals surface area contributed by atoms with Gasteiger partial charge in [0.05, 0.1) is 0 Å². The van der Waals surface area contributed by atoms with Crippen molar-refractivity contribution in [3.8, 4) is 5.75 Å². The minimum Gasteiger partial charge on any atom is -0.489 e. The van der Waals surface area contributed by atoms with Crippen molar-refractivity contribution in [2.24, 2.45) is 5.92 Å². The zero-order valence-corrected chi connectivity index (χ0v) is 11.2. The number of likely N-dealkylation sites (N-methyl/N-ethyl adjacent to an activating group) is 1. The molecule has 0 heterocycles. The summed E-state index contributed by atoms with van der Waals surface area (Å²) in [6, 6.07) is 8.08. The summed E-state index contributed by atoms with van der Waals surface area (Å²) in [6.07, 6.45) is 3.86. The van der Waals surface area contributed by atoms with Crippen molar-refractivity contribution in [2.75, 3.05) is 7.05 Å². The Hall–Kier alpha value is -0.730. The van der Waals surface area contributed by atoms with Crippen LogP contribution in [0, 0.1) is 5.92 Å². The van der Waals surface area contributed by atoms with E-state index in [0.717, 1.165) is 23.1 Å². The van der Waals surface area contributed by atoms with Crippen LogP contribution in [0.3, 0.4) is 0 Å². The smallest absolute Gasteiger partial charge is 0.119 e. The first-order chi connectivity index (χ1) is 8.19. The minimum absolute atomic E-state index is 0.268. The normalized spacial score (nSPS) is 29.0. The molecule has 1 saturated carbocycles. The lowest BCUT2D eigenvalue weighted by Crippen LogP contribution is -2.45. The van der Waals surface area contributed by atoms with Gasteiger partial charge in [-0.15, -0.1) is 0 Å². The van der Waals surface area contributed by atoms with Gasteiger partial charge in [-0.25, -0.2) is 0 Å². The molecule has 2 rings (SSSR count). The van der Waals surface area contributed by atoms with Gasteiger partial charge in [0.15, 0.2) is 0 Å². The van der Waals surface area contributed by atoms with Gasteiger partial charge >= 0.3 is 0 Å². The van der Waals surface area contributed by atoms with Crippen molar-refractivity contribution in [2.45, 2.75) is 38.3 Å². The molecule has 0 radical (unpaired) electrons. The van der Waals surface area contributed by atoms with Crippen molar-refractivity contribution in [1.29, 1.82) is 0 Å². The van der Waals surface area contributed by atoms with E-state index in [1.807, 2.05) is 31.3 Å². The third-order valence-electron chi connectivity index (χ3n) is 3.53. The Morgan fingerprint density at radius 2 is 1.94 bits per heavy atom. The average molecular weight is 254 g/mol. The maximum atomic E-state index is 6.06. The van der Waals surface area contributed by atoms with Gasteiger partial charge in [-0.05, 0) is 56.5 Å². The summed E-state index contributed by atoms with van der Waals surface area (Å²) in [4.78, 5) is 0. The molecule has 1 N–H and O–H groups in total. The van der Waals surface area contributed by atoms with Crippen molar-refractivity contribution >= 4 is 11.6 Å². The van der Waals surface area contributed by atoms with E-state index in [4.69, 9.17) is 16.3 Å². The molecule has 0 aliphatic heterocycles. The number of hydrogen-bond acceptors (Lipinski definition) is 2. The summed E-state index contributed by atoms with van der Waals surface area (Å²) < 4.78 is 6.06. The van der Waals surface area contributed by atoms with Gasteiger partial charge in [-0.2, -0.15) is 0 Å². The van der Waals surface area contributed by atoms with Crippen molar-refractivity contribution in [3.05, 3.63) is 29.3 Å². The molecule has 94 valence electrons. The second kappa shape index (κ2) is 5.74. The predicted molar refractivity (Wildman–Crippen MR) is 71.7 cm³/mol. The van der Waals surface area contributed by atoms with Crippen LogP contribution in [0.15, 0.2) is 24.3 Å². The van der Waals surface area contributed by atoms with Crippen LogP contribution in [0.1, 0.15) is 26.2 Å². The third kappa shape index (κ3) is 3.36. The Kier molecular flexibility index (Phi) is 4.30. The topological polar surface area (TPSA) is 21.3 Å². The molecule has 1 aliphatic rings. The zero-order valence-electron chi connectivity index (χ0n) is 10.4. The van der Waals surface area contributed by atoms with Crippen LogP contribution in [0.25, 0.3) is 0 Å². The van der Waals surface area contributed by atoms with Crippen LogP contribution in [0.2, 0.25) is 5.02 Å². The van der Waals surface area contributed by atoms with Gasteiger partial charge in [0, 0.05) is 11.1 Å². The van der Waals surface area contributed by atoms with Crippen molar-refractivity contribution in [3.63, 3.8) is 0 Å². The molecule has 2 nitrogen and oxygen atoms in total. The van der Waals surface area contributed by atoms with Crippen LogP contribution >= 0.6 is 11.6 Å². The van der Waals surface area contributed by atoms with Gasteiger partial charge in [0.25, 0.3) is 0 Å². The lowest BCUT2D eigenvalue weighted by atomic mass is 9.85. The molecule has 0 bridgehead atoms. The van der Waals surface area contributed by atoms with E-state index in [2.05, 4.69) is 12.2 Å². The molecule has 0 amide bonds. The lowest BCUT2D eigenvalue weighted by Gasteiger charge is -2.34. The molecule has 1 fully saturated rings. The Morgan fingerprint density at radius 3 is 2.59 bits per heavy atom. The SMILES string of the molecule is CNC1CCC(C)CC1Oc1ccc(Cl)cc1. The van der Waals surface area contributed by atoms with E-state index in [9.17, 15) is 0 Å². The van der Waals surface area contributed by atoms with Gasteiger partial charge in [0.1, 0.15) is 11.9 Å². The average Bonchev–Trinajstić information content (AvgIpc) is 2.32. The van der Waals surface area contributed by atoms with E-state index in [1.165, 1.54) is 12.8 Å². The molecule has 0 spiro atoms. The van der Waals surface area contributed by atoms with Crippen molar-refractivity contribution in [1.82, 2.24) is 5.32 Å². The van der Waals surface area contributed by atoms with E-state index < -0.39 is 0 Å². The molecule has 3 heteroatoms. The number of nitrogens with one attached hydrogen (secondary N) is 1. The van der Waals surface area contributed by atoms with Gasteiger partial charge in [-0.3, -0.25) is 0 Å². The minimum atomic E-state index is 0.268. The number of halogens is 1. The molecular formula is C14H20ClNO. The first-order valence-corrected chi connectivity index (χ1v) is 6.66. The van der Waals surface area contributed by atoms with Crippen LogP contribution in [0.5, 0.6) is 5.75 Å². The Balaban J connectivity index is 2.02. The molecule has 1 aromatic rings. The maximum absolute atomic E-state index is 6.06. The van der Waals surface area contributed by atoms with E-state index in [0.29, 0.717) is 6.04 Å². The number of benzene rings is 1. The van der Waals surface area contributed by atoms with Crippen LogP contribution in [-0.4, -0.2) is 19.2 Å². The highest BCUT2D eigenvalue weighted by Gasteiger charge is 2.29. The Morgan fingerprint density at radius 1 is 1.24 bits per heavy atom. The molecular weight excluding hydrogens is 234 g/mol. The molecule has 1 aromatic carbocycles. The summed E-state index contributed by atoms with van der Waals surface area (Å²) in [6.45, 7) is 2.30. The summed E-state index contributed by atoms with van der Waals surface area (Å²) in [5, 5.41) is 4.10. The second-order valence-corrected chi connectivity index (χ2v) is 5.36. The van der Waals surface area contributed by atoms with E-state index >= 15 is 0 Å². The van der Waals surface area contributed by atoms with Crippen molar-refractivity contribution < 1.29 is 4.74 Å². The number of ether oxygens (including phenoxy) is 1. The molecule has 0 aromatic heterocycles. The van der Waals surface area contributed by atoms with E-state index in [1.54, 1.807) is 0 Å². The fourth-order valence-electron chi connectivity index (χ4n) is 2.48. The third-order valence-corrected chi connectivity index (χ3v) is 3.78. The molecule has 0 saturated heterocycles. The zero-order chi connectivity index (χ0) is 12.3. The first-order valence-electron chi connectivity index (χ1n) is 6.28. The number of rotatable bonds is 3. The highest BCUT2D eigenvalue weighted by Crippen LogP contribution is 2.28. The van der Waals surface area contributed by atoms with Gasteiger partial charge in [0.2, 0.25) is 0 Å². The molecule has 17 heavy (non-hydrogen) atoms. The molecule has 3 unspecified atom stereocenters. The molecule has 3 atom stereocenters. The monoisotopic (exact) mass is 253 g/mol. The number of hydrogen-bond donors (Lipinski definition) is 1. The van der Waals surface area contributed by atoms with Crippen LogP contribution in [-0.2, 0) is 0 Å².